The molecule has 12 nitrogen and oxygen atoms in total. The van der Waals surface area contributed by atoms with Gasteiger partial charge in [0, 0.05) is 61.4 Å². The van der Waals surface area contributed by atoms with Crippen LogP contribution in [0.5, 0.6) is 6.01 Å². The van der Waals surface area contributed by atoms with Crippen LogP contribution in [-0.2, 0) is 0 Å². The number of rotatable bonds is 7. The Morgan fingerprint density at radius 1 is 1.24 bits per heavy atom. The molecule has 6 heterocycles. The number of ether oxygens (including phenoxy) is 1. The summed E-state index contributed by atoms with van der Waals surface area (Å²) in [6.07, 6.45) is 0.971. The molecule has 1 unspecified atom stereocenters. The molecule has 5 aromatic rings. The molecule has 2 aromatic carbocycles. The maximum atomic E-state index is 17.2. The molecule has 3 aromatic heterocycles. The van der Waals surface area contributed by atoms with Crippen molar-refractivity contribution in [3.8, 4) is 23.2 Å². The third-order valence-electron chi connectivity index (χ3n) is 11.1. The van der Waals surface area contributed by atoms with Crippen LogP contribution in [-0.4, -0.2) is 98.1 Å². The number of anilines is 2. The fourth-order valence-electron chi connectivity index (χ4n) is 8.94. The molecular weight excluding hydrogens is 760 g/mol. The summed E-state index contributed by atoms with van der Waals surface area (Å²) in [6, 6.07) is 5.13. The van der Waals surface area contributed by atoms with Gasteiger partial charge in [-0.05, 0) is 42.5 Å². The maximum Gasteiger partial charge on any atom is 0.346 e. The topological polar surface area (TPSA) is 142 Å². The van der Waals surface area contributed by atoms with Crippen molar-refractivity contribution >= 4 is 60.8 Å². The Morgan fingerprint density at radius 3 is 2.73 bits per heavy atom. The standard InChI is InChI=1S/C37H37ClF4N10O2S/c1-36(2,3)30-18(14-51(30)35(53)52-17-45-33(42)48-52)13-49(4)32-21-10-23(38)26(20-6-7-24(40)29-25(20)22(12-43)31(44)55-29)27(41)28(21)46-34(47-32)54-16-37-8-5-9-50(37)15-19(39)11-37/h6-7,10,17-19,30H,5,8-9,11,13-16,44H2,1-4H3/t18?,19-,30+,37+/m1/s1. The van der Waals surface area contributed by atoms with E-state index in [4.69, 9.17) is 27.1 Å². The van der Waals surface area contributed by atoms with Crippen molar-refractivity contribution in [2.45, 2.75) is 57.8 Å². The number of benzene rings is 2. The third kappa shape index (κ3) is 6.18. The molecule has 0 bridgehead atoms. The first kappa shape index (κ1) is 37.1. The van der Waals surface area contributed by atoms with Crippen molar-refractivity contribution in [2.24, 2.45) is 11.3 Å². The Morgan fingerprint density at radius 2 is 2.02 bits per heavy atom. The van der Waals surface area contributed by atoms with Gasteiger partial charge in [0.2, 0.25) is 0 Å². The molecular formula is C37H37ClF4N10O2S. The molecule has 3 saturated heterocycles. The normalized spacial score (nSPS) is 22.6. The van der Waals surface area contributed by atoms with Gasteiger partial charge in [-0.3, -0.25) is 4.90 Å². The molecule has 0 aliphatic carbocycles. The van der Waals surface area contributed by atoms with Crippen LogP contribution in [0.1, 0.15) is 45.6 Å². The van der Waals surface area contributed by atoms with Gasteiger partial charge in [-0.25, -0.2) is 18.0 Å². The summed E-state index contributed by atoms with van der Waals surface area (Å²) >= 11 is 7.78. The van der Waals surface area contributed by atoms with Gasteiger partial charge >= 0.3 is 18.1 Å². The summed E-state index contributed by atoms with van der Waals surface area (Å²) < 4.78 is 67.6. The Balaban J connectivity index is 1.21. The number of nitrogens with zero attached hydrogens (tertiary/aromatic N) is 9. The second kappa shape index (κ2) is 13.5. The SMILES string of the molecule is CN(CC1CN(C(=O)n2cnc(F)n2)[C@@H]1C(C)(C)C)c1nc(OC[C@@]23CCCN2C[C@H](F)C3)nc2c(F)c(-c3ccc(F)c4sc(N)c(C#N)c34)c(Cl)cc12. The summed E-state index contributed by atoms with van der Waals surface area (Å²) in [5, 5.41) is 13.9. The lowest BCUT2D eigenvalue weighted by Crippen LogP contribution is -2.66. The van der Waals surface area contributed by atoms with Crippen LogP contribution in [0.15, 0.2) is 24.5 Å². The zero-order valence-electron chi connectivity index (χ0n) is 30.4. The highest BCUT2D eigenvalue weighted by Gasteiger charge is 2.50. The molecule has 0 spiro atoms. The minimum Gasteiger partial charge on any atom is -0.461 e. The molecule has 2 N–H and O–H groups in total. The smallest absolute Gasteiger partial charge is 0.346 e. The number of amides is 1. The molecule has 4 atom stereocenters. The van der Waals surface area contributed by atoms with Gasteiger partial charge in [0.05, 0.1) is 20.8 Å². The van der Waals surface area contributed by atoms with Gasteiger partial charge < -0.3 is 20.3 Å². The Bertz CT molecular complexity index is 2410. The van der Waals surface area contributed by atoms with E-state index in [1.54, 1.807) is 11.9 Å². The first-order valence-corrected chi connectivity index (χ1v) is 19.0. The average Bonchev–Trinajstić information content (AvgIpc) is 3.87. The highest BCUT2D eigenvalue weighted by atomic mass is 35.5. The number of thiophene rings is 1. The Labute approximate surface area is 322 Å². The van der Waals surface area contributed by atoms with Crippen molar-refractivity contribution in [2.75, 3.05) is 50.5 Å². The molecule has 18 heteroatoms. The number of halogens is 5. The molecule has 3 fully saturated rings. The molecule has 3 aliphatic rings. The van der Waals surface area contributed by atoms with Crippen molar-refractivity contribution in [3.05, 3.63) is 52.8 Å². The van der Waals surface area contributed by atoms with E-state index in [-0.39, 0.29) is 72.3 Å². The van der Waals surface area contributed by atoms with E-state index in [0.717, 1.165) is 41.7 Å². The number of nitrogen functional groups attached to an aromatic ring is 1. The van der Waals surface area contributed by atoms with E-state index >= 15 is 4.39 Å². The molecule has 3 aliphatic heterocycles. The molecule has 0 radical (unpaired) electrons. The summed E-state index contributed by atoms with van der Waals surface area (Å²) in [5.41, 5.74) is 5.09. The second-order valence-corrected chi connectivity index (χ2v) is 17.2. The van der Waals surface area contributed by atoms with E-state index in [1.807, 2.05) is 31.7 Å². The summed E-state index contributed by atoms with van der Waals surface area (Å²) in [4.78, 5) is 31.6. The number of hydrogen-bond donors (Lipinski definition) is 1. The van der Waals surface area contributed by atoms with Crippen LogP contribution in [0.3, 0.4) is 0 Å². The summed E-state index contributed by atoms with van der Waals surface area (Å²) in [7, 11) is 1.78. The maximum absolute atomic E-state index is 17.2. The second-order valence-electron chi connectivity index (χ2n) is 15.7. The van der Waals surface area contributed by atoms with Crippen LogP contribution in [0.4, 0.5) is 33.2 Å². The third-order valence-corrected chi connectivity index (χ3v) is 12.5. The highest BCUT2D eigenvalue weighted by molar-refractivity contribution is 7.23. The monoisotopic (exact) mass is 796 g/mol. The lowest BCUT2D eigenvalue weighted by molar-refractivity contribution is -0.0144. The van der Waals surface area contributed by atoms with Crippen molar-refractivity contribution in [3.63, 3.8) is 0 Å². The van der Waals surface area contributed by atoms with Gasteiger partial charge in [-0.15, -0.1) is 16.4 Å². The summed E-state index contributed by atoms with van der Waals surface area (Å²) in [5.74, 6) is -1.27. The first-order chi connectivity index (χ1) is 26.1. The van der Waals surface area contributed by atoms with Crippen LogP contribution in [0, 0.1) is 40.4 Å². The fourth-order valence-corrected chi connectivity index (χ4v) is 10.2. The molecule has 1 amide bonds. The van der Waals surface area contributed by atoms with E-state index in [0.29, 0.717) is 31.9 Å². The zero-order valence-corrected chi connectivity index (χ0v) is 32.0. The minimum atomic E-state index is -1.01. The van der Waals surface area contributed by atoms with E-state index < -0.39 is 40.9 Å². The average molecular weight is 797 g/mol. The summed E-state index contributed by atoms with van der Waals surface area (Å²) in [6.45, 7) is 7.81. The number of carbonyl (C=O) groups is 1. The number of aromatic nitrogens is 5. The Kier molecular flexibility index (Phi) is 9.09. The van der Waals surface area contributed by atoms with Gasteiger partial charge in [-0.1, -0.05) is 38.4 Å². The first-order valence-electron chi connectivity index (χ1n) is 17.8. The van der Waals surface area contributed by atoms with E-state index in [2.05, 4.69) is 20.0 Å². The molecule has 288 valence electrons. The molecule has 0 saturated carbocycles. The van der Waals surface area contributed by atoms with Crippen LogP contribution >= 0.6 is 22.9 Å². The lowest BCUT2D eigenvalue weighted by atomic mass is 9.72. The predicted octanol–water partition coefficient (Wildman–Crippen LogP) is 7.03. The van der Waals surface area contributed by atoms with Gasteiger partial charge in [-0.2, -0.15) is 29.3 Å². The number of carbonyl (C=O) groups excluding carboxylic acids is 1. The van der Waals surface area contributed by atoms with E-state index in [1.165, 1.54) is 18.2 Å². The van der Waals surface area contributed by atoms with Gasteiger partial charge in [0.15, 0.2) is 5.82 Å². The molecule has 55 heavy (non-hydrogen) atoms. The van der Waals surface area contributed by atoms with Crippen molar-refractivity contribution < 1.29 is 27.1 Å². The quantitative estimate of drug-likeness (QED) is 0.171. The fraction of sp³-hybridized carbons (Fsp3) is 0.459. The van der Waals surface area contributed by atoms with Crippen molar-refractivity contribution in [1.29, 1.82) is 5.26 Å². The van der Waals surface area contributed by atoms with E-state index in [9.17, 15) is 23.2 Å². The van der Waals surface area contributed by atoms with Gasteiger partial charge in [0.25, 0.3) is 0 Å². The highest BCUT2D eigenvalue weighted by Crippen LogP contribution is 2.47. The number of nitrogens with two attached hydrogens (primary N) is 1. The molecule has 8 rings (SSSR count). The number of hydrogen-bond acceptors (Lipinski definition) is 11. The zero-order chi connectivity index (χ0) is 39.1. The van der Waals surface area contributed by atoms with Crippen LogP contribution < -0.4 is 15.4 Å². The van der Waals surface area contributed by atoms with Crippen molar-refractivity contribution in [1.82, 2.24) is 34.5 Å². The largest absolute Gasteiger partial charge is 0.461 e. The Hall–Kier alpha value is -4.79. The minimum absolute atomic E-state index is 0.00989. The number of nitriles is 1. The number of fused-ring (bicyclic) bond motifs is 3. The number of alkyl halides is 1. The number of likely N-dealkylation sites (tertiary alicyclic amines) is 1. The van der Waals surface area contributed by atoms with Crippen LogP contribution in [0.25, 0.3) is 32.1 Å². The van der Waals surface area contributed by atoms with Gasteiger partial charge in [0.1, 0.15) is 47.3 Å². The predicted molar refractivity (Wildman–Crippen MR) is 200 cm³/mol. The van der Waals surface area contributed by atoms with Crippen LogP contribution in [0.2, 0.25) is 5.02 Å². The lowest BCUT2D eigenvalue weighted by Gasteiger charge is -2.54.